The Morgan fingerprint density at radius 1 is 1.27 bits per heavy atom. The molecule has 0 unspecified atom stereocenters. The van der Waals surface area contributed by atoms with Crippen LogP contribution in [-0.2, 0) is 4.79 Å². The van der Waals surface area contributed by atoms with Gasteiger partial charge in [0.15, 0.2) is 6.61 Å². The minimum atomic E-state index is -0.556. The summed E-state index contributed by atoms with van der Waals surface area (Å²) in [7, 11) is 0. The van der Waals surface area contributed by atoms with E-state index >= 15 is 0 Å². The fraction of sp³-hybridized carbons (Fsp3) is 0.737. The minimum absolute atomic E-state index is 0.0390. The molecule has 4 bridgehead atoms. The Balaban J connectivity index is 1.36. The number of ether oxygens (including phenoxy) is 2. The number of amides is 1. The van der Waals surface area contributed by atoms with Gasteiger partial charge in [-0.15, -0.1) is 0 Å². The molecular weight excluding hydrogens is 334 g/mol. The number of H-pyrrole nitrogens is 1. The summed E-state index contributed by atoms with van der Waals surface area (Å²) < 4.78 is 10.9. The normalized spacial score (nSPS) is 31.9. The molecule has 26 heavy (non-hydrogen) atoms. The third-order valence-electron chi connectivity index (χ3n) is 5.85. The van der Waals surface area contributed by atoms with E-state index in [0.717, 1.165) is 37.0 Å². The molecule has 1 aromatic rings. The molecule has 0 atom stereocenters. The standard InChI is InChI=1S/C19H27N3O4/c1-11(2)26-17-6-16(20-18(24)21-17)25-10-15(23)22-19-7-12-3-13(8-19)5-14(4-12)9-19/h6,11-14H,3-5,7-10H2,1-2H3,(H,22,23)(H,20,21,24). The molecule has 4 aliphatic rings. The number of carbonyl (C=O) groups excluding carboxylic acids is 1. The van der Waals surface area contributed by atoms with E-state index in [9.17, 15) is 9.59 Å². The first-order chi connectivity index (χ1) is 12.4. The molecule has 0 radical (unpaired) electrons. The molecule has 0 aromatic carbocycles. The lowest BCUT2D eigenvalue weighted by Crippen LogP contribution is -2.60. The van der Waals surface area contributed by atoms with E-state index in [2.05, 4.69) is 15.3 Å². The van der Waals surface area contributed by atoms with Crippen molar-refractivity contribution in [2.24, 2.45) is 17.8 Å². The van der Waals surface area contributed by atoms with Crippen molar-refractivity contribution in [3.8, 4) is 11.8 Å². The van der Waals surface area contributed by atoms with E-state index in [4.69, 9.17) is 9.47 Å². The summed E-state index contributed by atoms with van der Waals surface area (Å²) in [6, 6.07) is 1.50. The molecular formula is C19H27N3O4. The fourth-order valence-corrected chi connectivity index (χ4v) is 5.54. The molecule has 0 spiro atoms. The van der Waals surface area contributed by atoms with Gasteiger partial charge in [0.2, 0.25) is 11.8 Å². The molecule has 4 saturated carbocycles. The first kappa shape index (κ1) is 17.4. The van der Waals surface area contributed by atoms with E-state index in [1.54, 1.807) is 0 Å². The van der Waals surface area contributed by atoms with Gasteiger partial charge in [0.25, 0.3) is 5.91 Å². The fourth-order valence-electron chi connectivity index (χ4n) is 5.54. The van der Waals surface area contributed by atoms with Crippen molar-refractivity contribution in [3.63, 3.8) is 0 Å². The third-order valence-corrected chi connectivity index (χ3v) is 5.85. The lowest BCUT2D eigenvalue weighted by atomic mass is 9.53. The second-order valence-electron chi connectivity index (χ2n) is 8.59. The summed E-state index contributed by atoms with van der Waals surface area (Å²) >= 11 is 0. The van der Waals surface area contributed by atoms with Crippen molar-refractivity contribution in [1.82, 2.24) is 15.3 Å². The van der Waals surface area contributed by atoms with Crippen LogP contribution in [-0.4, -0.2) is 34.1 Å². The van der Waals surface area contributed by atoms with E-state index < -0.39 is 5.69 Å². The molecule has 7 nitrogen and oxygen atoms in total. The van der Waals surface area contributed by atoms with Gasteiger partial charge in [-0.05, 0) is 70.1 Å². The zero-order valence-corrected chi connectivity index (χ0v) is 15.4. The minimum Gasteiger partial charge on any atom is -0.476 e. The van der Waals surface area contributed by atoms with Crippen LogP contribution >= 0.6 is 0 Å². The van der Waals surface area contributed by atoms with Crippen LogP contribution in [0.15, 0.2) is 10.9 Å². The third kappa shape index (κ3) is 3.71. The largest absolute Gasteiger partial charge is 0.476 e. The number of carbonyl (C=O) groups is 1. The maximum Gasteiger partial charge on any atom is 0.351 e. The number of aromatic nitrogens is 2. The van der Waals surface area contributed by atoms with Crippen LogP contribution in [0.2, 0.25) is 0 Å². The Morgan fingerprint density at radius 3 is 2.46 bits per heavy atom. The van der Waals surface area contributed by atoms with Crippen molar-refractivity contribution in [2.75, 3.05) is 6.61 Å². The van der Waals surface area contributed by atoms with Crippen LogP contribution in [0.1, 0.15) is 52.4 Å². The lowest BCUT2D eigenvalue weighted by Gasteiger charge is -2.56. The number of aromatic amines is 1. The van der Waals surface area contributed by atoms with Crippen molar-refractivity contribution in [1.29, 1.82) is 0 Å². The quantitative estimate of drug-likeness (QED) is 0.808. The van der Waals surface area contributed by atoms with Crippen LogP contribution in [0, 0.1) is 17.8 Å². The Morgan fingerprint density at radius 2 is 1.88 bits per heavy atom. The predicted molar refractivity (Wildman–Crippen MR) is 95.2 cm³/mol. The van der Waals surface area contributed by atoms with Gasteiger partial charge in [-0.2, -0.15) is 4.98 Å². The van der Waals surface area contributed by atoms with Gasteiger partial charge in [-0.25, -0.2) is 4.79 Å². The van der Waals surface area contributed by atoms with Crippen LogP contribution in [0.4, 0.5) is 0 Å². The summed E-state index contributed by atoms with van der Waals surface area (Å²) in [6.45, 7) is 3.58. The van der Waals surface area contributed by atoms with Crippen LogP contribution in [0.25, 0.3) is 0 Å². The Hall–Kier alpha value is -2.05. The molecule has 5 rings (SSSR count). The van der Waals surface area contributed by atoms with Crippen LogP contribution < -0.4 is 20.5 Å². The zero-order valence-electron chi connectivity index (χ0n) is 15.4. The summed E-state index contributed by atoms with van der Waals surface area (Å²) in [5, 5.41) is 3.25. The summed E-state index contributed by atoms with van der Waals surface area (Å²) in [5.41, 5.74) is -0.595. The van der Waals surface area contributed by atoms with Gasteiger partial charge in [0, 0.05) is 5.54 Å². The number of hydrogen-bond acceptors (Lipinski definition) is 5. The second-order valence-corrected chi connectivity index (χ2v) is 8.59. The zero-order chi connectivity index (χ0) is 18.3. The van der Waals surface area contributed by atoms with Crippen molar-refractivity contribution in [3.05, 3.63) is 16.6 Å². The molecule has 4 aliphatic carbocycles. The highest BCUT2D eigenvalue weighted by atomic mass is 16.5. The SMILES string of the molecule is CC(C)Oc1cc(OCC(=O)NC23CC4CC(CC(C4)C2)C3)nc(=O)[nH]1. The number of nitrogens with zero attached hydrogens (tertiary/aromatic N) is 1. The Labute approximate surface area is 152 Å². The molecule has 7 heteroatoms. The van der Waals surface area contributed by atoms with Gasteiger partial charge in [0.1, 0.15) is 0 Å². The van der Waals surface area contributed by atoms with Crippen molar-refractivity contribution >= 4 is 5.91 Å². The monoisotopic (exact) mass is 361 g/mol. The highest BCUT2D eigenvalue weighted by molar-refractivity contribution is 5.78. The molecule has 1 heterocycles. The molecule has 4 fully saturated rings. The topological polar surface area (TPSA) is 93.3 Å². The van der Waals surface area contributed by atoms with E-state index in [0.29, 0.717) is 0 Å². The van der Waals surface area contributed by atoms with Gasteiger partial charge < -0.3 is 14.8 Å². The van der Waals surface area contributed by atoms with Gasteiger partial charge in [0.05, 0.1) is 12.2 Å². The average Bonchev–Trinajstić information content (AvgIpc) is 2.50. The van der Waals surface area contributed by atoms with Crippen LogP contribution in [0.3, 0.4) is 0 Å². The molecule has 1 aromatic heterocycles. The lowest BCUT2D eigenvalue weighted by molar-refractivity contribution is -0.128. The Bertz CT molecular complexity index is 707. The smallest absolute Gasteiger partial charge is 0.351 e. The van der Waals surface area contributed by atoms with E-state index in [-0.39, 0.29) is 35.9 Å². The van der Waals surface area contributed by atoms with Gasteiger partial charge >= 0.3 is 5.69 Å². The molecule has 2 N–H and O–H groups in total. The highest BCUT2D eigenvalue weighted by Gasteiger charge is 2.51. The highest BCUT2D eigenvalue weighted by Crippen LogP contribution is 2.55. The number of rotatable bonds is 6. The van der Waals surface area contributed by atoms with Gasteiger partial charge in [-0.3, -0.25) is 9.78 Å². The van der Waals surface area contributed by atoms with E-state index in [1.807, 2.05) is 13.8 Å². The van der Waals surface area contributed by atoms with Crippen LogP contribution in [0.5, 0.6) is 11.8 Å². The number of hydrogen-bond donors (Lipinski definition) is 2. The number of nitrogens with one attached hydrogen (secondary N) is 2. The summed E-state index contributed by atoms with van der Waals surface area (Å²) in [6.07, 6.45) is 7.21. The maximum absolute atomic E-state index is 12.5. The molecule has 142 valence electrons. The van der Waals surface area contributed by atoms with E-state index in [1.165, 1.54) is 25.3 Å². The van der Waals surface area contributed by atoms with Crippen molar-refractivity contribution in [2.45, 2.75) is 64.0 Å². The average molecular weight is 361 g/mol. The predicted octanol–water partition coefficient (Wildman–Crippen LogP) is 2.02. The molecule has 0 aliphatic heterocycles. The molecule has 1 amide bonds. The summed E-state index contributed by atoms with van der Waals surface area (Å²) in [5.74, 6) is 2.56. The second kappa shape index (κ2) is 6.59. The molecule has 0 saturated heterocycles. The van der Waals surface area contributed by atoms with Crippen molar-refractivity contribution < 1.29 is 14.3 Å². The Kier molecular flexibility index (Phi) is 4.40. The first-order valence-electron chi connectivity index (χ1n) is 9.61. The summed E-state index contributed by atoms with van der Waals surface area (Å²) in [4.78, 5) is 30.3. The maximum atomic E-state index is 12.5. The van der Waals surface area contributed by atoms with Gasteiger partial charge in [-0.1, -0.05) is 0 Å². The first-order valence-corrected chi connectivity index (χ1v) is 9.61.